The molecular weight excluding hydrogens is 355 g/mol. The molecule has 1 fully saturated rings. The molecule has 1 aliphatic heterocycles. The van der Waals surface area contributed by atoms with Gasteiger partial charge >= 0.3 is 12.1 Å². The second-order valence-corrected chi connectivity index (χ2v) is 5.69. The molecule has 1 aliphatic rings. The van der Waals surface area contributed by atoms with Gasteiger partial charge in [0, 0.05) is 6.54 Å². The topological polar surface area (TPSA) is 127 Å². The molecule has 1 heterocycles. The predicted molar refractivity (Wildman–Crippen MR) is 85.7 cm³/mol. The standard InChI is InChI=1S/C14H19N3O2.C2HF3O2/c15-11(9-10-5-2-1-3-6-10)14(19)17-8-4-7-12(17)13(16)18;3-2(4,5)1(6)7/h1-3,5-6,11-12H,4,7-9,15H2,(H2,16,18);(H,6,7)/t11-,12-;/m0./s1. The number of primary amides is 1. The van der Waals surface area contributed by atoms with Gasteiger partial charge in [-0.1, -0.05) is 30.3 Å². The Labute approximate surface area is 147 Å². The molecule has 1 saturated heterocycles. The lowest BCUT2D eigenvalue weighted by Gasteiger charge is -2.25. The van der Waals surface area contributed by atoms with Crippen LogP contribution in [0.25, 0.3) is 0 Å². The fraction of sp³-hybridized carbons (Fsp3) is 0.438. The number of amides is 2. The number of benzene rings is 1. The minimum Gasteiger partial charge on any atom is -0.475 e. The molecule has 0 spiro atoms. The summed E-state index contributed by atoms with van der Waals surface area (Å²) in [6, 6.07) is 8.49. The second kappa shape index (κ2) is 9.18. The molecule has 1 aromatic carbocycles. The van der Waals surface area contributed by atoms with Gasteiger partial charge in [-0.2, -0.15) is 13.2 Å². The zero-order chi connectivity index (χ0) is 19.9. The van der Waals surface area contributed by atoms with Gasteiger partial charge in [0.25, 0.3) is 0 Å². The van der Waals surface area contributed by atoms with Crippen molar-refractivity contribution in [1.82, 2.24) is 4.90 Å². The van der Waals surface area contributed by atoms with Crippen molar-refractivity contribution in [3.8, 4) is 0 Å². The number of nitrogens with two attached hydrogens (primary N) is 2. The third-order valence-electron chi connectivity index (χ3n) is 3.72. The lowest BCUT2D eigenvalue weighted by Crippen LogP contribution is -2.50. The first kappa shape index (κ1) is 21.4. The van der Waals surface area contributed by atoms with Gasteiger partial charge in [-0.15, -0.1) is 0 Å². The fourth-order valence-electron chi connectivity index (χ4n) is 2.49. The fourth-order valence-corrected chi connectivity index (χ4v) is 2.49. The first-order chi connectivity index (χ1) is 12.0. The summed E-state index contributed by atoms with van der Waals surface area (Å²) < 4.78 is 31.7. The number of carboxylic acids is 1. The molecular formula is C16H20F3N3O4. The Morgan fingerprint density at radius 3 is 2.23 bits per heavy atom. The summed E-state index contributed by atoms with van der Waals surface area (Å²) >= 11 is 0. The van der Waals surface area contributed by atoms with Gasteiger partial charge in [-0.05, 0) is 24.8 Å². The number of hydrogen-bond donors (Lipinski definition) is 3. The van der Waals surface area contributed by atoms with Crippen LogP contribution in [0.2, 0.25) is 0 Å². The third kappa shape index (κ3) is 6.36. The summed E-state index contributed by atoms with van der Waals surface area (Å²) in [6.45, 7) is 0.564. The molecule has 144 valence electrons. The van der Waals surface area contributed by atoms with Crippen LogP contribution in [0.5, 0.6) is 0 Å². The predicted octanol–water partition coefficient (Wildman–Crippen LogP) is 0.666. The number of nitrogens with zero attached hydrogens (tertiary/aromatic N) is 1. The minimum atomic E-state index is -5.08. The smallest absolute Gasteiger partial charge is 0.475 e. The summed E-state index contributed by atoms with van der Waals surface area (Å²) in [7, 11) is 0. The van der Waals surface area contributed by atoms with Crippen LogP contribution in [0.4, 0.5) is 13.2 Å². The van der Waals surface area contributed by atoms with Crippen LogP contribution in [-0.2, 0) is 20.8 Å². The average molecular weight is 375 g/mol. The first-order valence-electron chi connectivity index (χ1n) is 7.73. The number of carboxylic acid groups (broad SMARTS) is 1. The number of aliphatic carboxylic acids is 1. The highest BCUT2D eigenvalue weighted by Crippen LogP contribution is 2.18. The summed E-state index contributed by atoms with van der Waals surface area (Å²) in [5.74, 6) is -3.39. The van der Waals surface area contributed by atoms with E-state index >= 15 is 0 Å². The van der Waals surface area contributed by atoms with Gasteiger partial charge in [-0.25, -0.2) is 4.79 Å². The van der Waals surface area contributed by atoms with Gasteiger partial charge in [0.1, 0.15) is 6.04 Å². The maximum atomic E-state index is 12.3. The van der Waals surface area contributed by atoms with E-state index in [-0.39, 0.29) is 5.91 Å². The maximum absolute atomic E-state index is 12.3. The highest BCUT2D eigenvalue weighted by Gasteiger charge is 2.38. The van der Waals surface area contributed by atoms with Crippen molar-refractivity contribution in [3.63, 3.8) is 0 Å². The lowest BCUT2D eigenvalue weighted by molar-refractivity contribution is -0.192. The molecule has 10 heteroatoms. The monoisotopic (exact) mass is 375 g/mol. The van der Waals surface area contributed by atoms with Crippen molar-refractivity contribution in [2.24, 2.45) is 11.5 Å². The van der Waals surface area contributed by atoms with Crippen molar-refractivity contribution in [3.05, 3.63) is 35.9 Å². The van der Waals surface area contributed by atoms with Crippen molar-refractivity contribution >= 4 is 17.8 Å². The third-order valence-corrected chi connectivity index (χ3v) is 3.72. The molecule has 0 unspecified atom stereocenters. The molecule has 0 radical (unpaired) electrons. The van der Waals surface area contributed by atoms with E-state index < -0.39 is 30.1 Å². The van der Waals surface area contributed by atoms with Crippen LogP contribution in [-0.4, -0.2) is 52.6 Å². The summed E-state index contributed by atoms with van der Waals surface area (Å²) in [5.41, 5.74) is 12.3. The summed E-state index contributed by atoms with van der Waals surface area (Å²) in [6.07, 6.45) is -3.17. The van der Waals surface area contributed by atoms with Gasteiger partial charge < -0.3 is 21.5 Å². The average Bonchev–Trinajstić information content (AvgIpc) is 3.04. The van der Waals surface area contributed by atoms with Crippen LogP contribution in [0, 0.1) is 0 Å². The Hall–Kier alpha value is -2.62. The largest absolute Gasteiger partial charge is 0.490 e. The molecule has 2 amide bonds. The molecule has 7 nitrogen and oxygen atoms in total. The van der Waals surface area contributed by atoms with E-state index in [1.54, 1.807) is 0 Å². The minimum absolute atomic E-state index is 0.190. The van der Waals surface area contributed by atoms with Gasteiger partial charge in [0.05, 0.1) is 6.04 Å². The summed E-state index contributed by atoms with van der Waals surface area (Å²) in [4.78, 5) is 34.0. The van der Waals surface area contributed by atoms with E-state index in [0.29, 0.717) is 19.4 Å². The molecule has 1 aromatic rings. The molecule has 26 heavy (non-hydrogen) atoms. The van der Waals surface area contributed by atoms with Crippen LogP contribution in [0.3, 0.4) is 0 Å². The zero-order valence-corrected chi connectivity index (χ0v) is 13.8. The number of carbonyl (C=O) groups is 3. The van der Waals surface area contributed by atoms with Crippen LogP contribution >= 0.6 is 0 Å². The van der Waals surface area contributed by atoms with Gasteiger partial charge in [-0.3, -0.25) is 9.59 Å². The van der Waals surface area contributed by atoms with E-state index in [2.05, 4.69) is 0 Å². The Morgan fingerprint density at radius 1 is 1.23 bits per heavy atom. The van der Waals surface area contributed by atoms with Crippen LogP contribution in [0.1, 0.15) is 18.4 Å². The molecule has 0 saturated carbocycles. The molecule has 0 aromatic heterocycles. The Balaban J connectivity index is 0.000000412. The van der Waals surface area contributed by atoms with E-state index in [1.165, 1.54) is 4.90 Å². The molecule has 2 rings (SSSR count). The maximum Gasteiger partial charge on any atom is 0.490 e. The van der Waals surface area contributed by atoms with E-state index in [0.717, 1.165) is 12.0 Å². The van der Waals surface area contributed by atoms with Crippen molar-refractivity contribution in [2.45, 2.75) is 37.5 Å². The highest BCUT2D eigenvalue weighted by molar-refractivity contribution is 5.89. The van der Waals surface area contributed by atoms with Gasteiger partial charge in [0.2, 0.25) is 11.8 Å². The number of hydrogen-bond acceptors (Lipinski definition) is 4. The number of rotatable bonds is 4. The van der Waals surface area contributed by atoms with E-state index in [4.69, 9.17) is 21.4 Å². The Morgan fingerprint density at radius 2 is 1.77 bits per heavy atom. The van der Waals surface area contributed by atoms with Crippen molar-refractivity contribution in [2.75, 3.05) is 6.54 Å². The number of likely N-dealkylation sites (tertiary alicyclic amines) is 1. The number of carbonyl (C=O) groups excluding carboxylic acids is 2. The van der Waals surface area contributed by atoms with E-state index in [9.17, 15) is 22.8 Å². The zero-order valence-electron chi connectivity index (χ0n) is 13.8. The SMILES string of the molecule is NC(=O)[C@@H]1CCCN1C(=O)[C@@H](N)Cc1ccccc1.O=C(O)C(F)(F)F. The van der Waals surface area contributed by atoms with Crippen molar-refractivity contribution < 1.29 is 32.7 Å². The van der Waals surface area contributed by atoms with E-state index in [1.807, 2.05) is 30.3 Å². The first-order valence-corrected chi connectivity index (χ1v) is 7.73. The number of alkyl halides is 3. The Kier molecular flexibility index (Phi) is 7.56. The van der Waals surface area contributed by atoms with Crippen molar-refractivity contribution in [1.29, 1.82) is 0 Å². The quantitative estimate of drug-likeness (QED) is 0.713. The Bertz CT molecular complexity index is 637. The molecule has 0 bridgehead atoms. The normalized spacial score (nSPS) is 17.8. The lowest BCUT2D eigenvalue weighted by atomic mass is 10.1. The second-order valence-electron chi connectivity index (χ2n) is 5.69. The van der Waals surface area contributed by atoms with Crippen LogP contribution < -0.4 is 11.5 Å². The molecule has 2 atom stereocenters. The number of halogens is 3. The highest BCUT2D eigenvalue weighted by atomic mass is 19.4. The molecule has 5 N–H and O–H groups in total. The van der Waals surface area contributed by atoms with Gasteiger partial charge in [0.15, 0.2) is 0 Å². The summed E-state index contributed by atoms with van der Waals surface area (Å²) in [5, 5.41) is 7.12. The molecule has 0 aliphatic carbocycles. The van der Waals surface area contributed by atoms with Crippen LogP contribution in [0.15, 0.2) is 30.3 Å².